The number of esters is 1. The van der Waals surface area contributed by atoms with Crippen LogP contribution in [0.3, 0.4) is 0 Å². The molecule has 124 valence electrons. The lowest BCUT2D eigenvalue weighted by molar-refractivity contribution is -0.144. The summed E-state index contributed by atoms with van der Waals surface area (Å²) >= 11 is 0. The van der Waals surface area contributed by atoms with Crippen molar-refractivity contribution < 1.29 is 14.3 Å². The van der Waals surface area contributed by atoms with Crippen molar-refractivity contribution in [2.45, 2.75) is 33.1 Å². The topological polar surface area (TPSA) is 35.5 Å². The normalized spacial score (nSPS) is 14.6. The lowest BCUT2D eigenvalue weighted by Gasteiger charge is -2.14. The van der Waals surface area contributed by atoms with E-state index in [4.69, 9.17) is 9.47 Å². The van der Waals surface area contributed by atoms with Gasteiger partial charge >= 0.3 is 5.97 Å². The van der Waals surface area contributed by atoms with Crippen molar-refractivity contribution in [1.82, 2.24) is 0 Å². The number of para-hydroxylation sites is 1. The summed E-state index contributed by atoms with van der Waals surface area (Å²) in [6, 6.07) is 17.6. The monoisotopic (exact) mass is 322 g/mol. The van der Waals surface area contributed by atoms with Crippen LogP contribution in [-0.4, -0.2) is 5.97 Å². The van der Waals surface area contributed by atoms with E-state index < -0.39 is 0 Å². The summed E-state index contributed by atoms with van der Waals surface area (Å²) in [5.41, 5.74) is 1.71. The largest absolute Gasteiger partial charge is 0.457 e. The zero-order valence-electron chi connectivity index (χ0n) is 14.1. The van der Waals surface area contributed by atoms with Gasteiger partial charge in [-0.1, -0.05) is 30.3 Å². The number of hydrogen-bond donors (Lipinski definition) is 0. The highest BCUT2D eigenvalue weighted by molar-refractivity contribution is 5.80. The predicted molar refractivity (Wildman–Crippen MR) is 93.9 cm³/mol. The van der Waals surface area contributed by atoms with Crippen LogP contribution in [0.4, 0.5) is 0 Å². The number of carbonyl (C=O) groups is 1. The van der Waals surface area contributed by atoms with Gasteiger partial charge in [0.2, 0.25) is 0 Å². The number of hydrogen-bond acceptors (Lipinski definition) is 3. The van der Waals surface area contributed by atoms with Crippen LogP contribution >= 0.6 is 0 Å². The molecule has 24 heavy (non-hydrogen) atoms. The maximum absolute atomic E-state index is 12.3. The summed E-state index contributed by atoms with van der Waals surface area (Å²) in [5.74, 6) is 1.46. The molecule has 0 heterocycles. The Kier molecular flexibility index (Phi) is 4.70. The number of rotatable bonds is 6. The highest BCUT2D eigenvalue weighted by atomic mass is 16.5. The predicted octanol–water partition coefficient (Wildman–Crippen LogP) is 5.27. The van der Waals surface area contributed by atoms with Crippen molar-refractivity contribution in [2.75, 3.05) is 0 Å². The molecule has 1 saturated carbocycles. The van der Waals surface area contributed by atoms with Crippen LogP contribution in [0.15, 0.2) is 66.4 Å². The van der Waals surface area contributed by atoms with Gasteiger partial charge in [0.15, 0.2) is 0 Å². The van der Waals surface area contributed by atoms with Crippen LogP contribution in [0.5, 0.6) is 11.5 Å². The first kappa shape index (κ1) is 16.3. The maximum Gasteiger partial charge on any atom is 0.317 e. The third-order valence-corrected chi connectivity index (χ3v) is 4.11. The molecule has 2 aromatic rings. The van der Waals surface area contributed by atoms with E-state index in [1.165, 1.54) is 6.26 Å². The fraction of sp³-hybridized carbons (Fsp3) is 0.286. The van der Waals surface area contributed by atoms with Gasteiger partial charge in [-0.3, -0.25) is 4.79 Å². The van der Waals surface area contributed by atoms with Gasteiger partial charge in [-0.25, -0.2) is 0 Å². The Morgan fingerprint density at radius 1 is 1.04 bits per heavy atom. The van der Waals surface area contributed by atoms with E-state index in [0.717, 1.165) is 35.5 Å². The second-order valence-electron chi connectivity index (χ2n) is 6.62. The first-order valence-electron chi connectivity index (χ1n) is 8.24. The summed E-state index contributed by atoms with van der Waals surface area (Å²) in [4.78, 5) is 12.3. The Morgan fingerprint density at radius 3 is 2.42 bits per heavy atom. The Hall–Kier alpha value is -2.55. The molecule has 0 bridgehead atoms. The van der Waals surface area contributed by atoms with Crippen molar-refractivity contribution in [2.24, 2.45) is 5.41 Å². The zero-order valence-corrected chi connectivity index (χ0v) is 14.1. The number of allylic oxidation sites excluding steroid dienone is 1. The van der Waals surface area contributed by atoms with E-state index in [9.17, 15) is 4.79 Å². The molecule has 0 atom stereocenters. The number of benzene rings is 2. The average Bonchev–Trinajstić information content (AvgIpc) is 3.34. The van der Waals surface area contributed by atoms with Gasteiger partial charge in [0.25, 0.3) is 0 Å². The van der Waals surface area contributed by atoms with Gasteiger partial charge in [-0.2, -0.15) is 0 Å². The first-order valence-corrected chi connectivity index (χ1v) is 8.24. The molecule has 0 aromatic heterocycles. The van der Waals surface area contributed by atoms with Crippen molar-refractivity contribution in [3.8, 4) is 11.5 Å². The lowest BCUT2D eigenvalue weighted by Crippen LogP contribution is -2.19. The Morgan fingerprint density at radius 2 is 1.75 bits per heavy atom. The highest BCUT2D eigenvalue weighted by Gasteiger charge is 2.51. The van der Waals surface area contributed by atoms with E-state index in [2.05, 4.69) is 0 Å². The molecule has 0 spiro atoms. The van der Waals surface area contributed by atoms with Crippen LogP contribution in [0.1, 0.15) is 32.3 Å². The molecular formula is C21H22O3. The molecule has 1 aliphatic carbocycles. The van der Waals surface area contributed by atoms with Gasteiger partial charge in [-0.15, -0.1) is 0 Å². The van der Waals surface area contributed by atoms with Gasteiger partial charge in [0.05, 0.1) is 11.7 Å². The summed E-state index contributed by atoms with van der Waals surface area (Å²) in [5, 5.41) is 0. The second-order valence-corrected chi connectivity index (χ2v) is 6.62. The zero-order chi connectivity index (χ0) is 17.0. The van der Waals surface area contributed by atoms with Gasteiger partial charge in [0.1, 0.15) is 11.5 Å². The average molecular weight is 322 g/mol. The molecule has 1 aliphatic rings. The fourth-order valence-corrected chi connectivity index (χ4v) is 2.63. The van der Waals surface area contributed by atoms with E-state index in [-0.39, 0.29) is 11.4 Å². The van der Waals surface area contributed by atoms with Crippen molar-refractivity contribution in [1.29, 1.82) is 0 Å². The second kappa shape index (κ2) is 6.91. The van der Waals surface area contributed by atoms with Gasteiger partial charge in [0, 0.05) is 0 Å². The van der Waals surface area contributed by atoms with Crippen LogP contribution in [0.25, 0.3) is 0 Å². The third kappa shape index (κ3) is 4.05. The SMILES string of the molecule is CC(C)=COC(=O)C1(Cc2cccc(Oc3ccccc3)c2)CC1. The Balaban J connectivity index is 1.68. The Bertz CT molecular complexity index is 739. The minimum absolute atomic E-state index is 0.127. The molecule has 0 amide bonds. The summed E-state index contributed by atoms with van der Waals surface area (Å²) in [6.07, 6.45) is 3.99. The smallest absolute Gasteiger partial charge is 0.317 e. The van der Waals surface area contributed by atoms with Crippen molar-refractivity contribution >= 4 is 5.97 Å². The quantitative estimate of drug-likeness (QED) is 0.537. The van der Waals surface area contributed by atoms with E-state index >= 15 is 0 Å². The minimum Gasteiger partial charge on any atom is -0.457 e. The summed E-state index contributed by atoms with van der Waals surface area (Å²) in [6.45, 7) is 3.83. The molecule has 0 unspecified atom stereocenters. The van der Waals surface area contributed by atoms with Crippen molar-refractivity contribution in [3.05, 3.63) is 72.0 Å². The van der Waals surface area contributed by atoms with Crippen LogP contribution < -0.4 is 4.74 Å². The molecule has 3 rings (SSSR count). The van der Waals surface area contributed by atoms with Crippen LogP contribution in [0.2, 0.25) is 0 Å². The number of carbonyl (C=O) groups excluding carboxylic acids is 1. The van der Waals surface area contributed by atoms with Crippen LogP contribution in [0, 0.1) is 5.41 Å². The standard InChI is InChI=1S/C21H22O3/c1-16(2)15-23-20(22)21(11-12-21)14-17-7-6-10-19(13-17)24-18-8-4-3-5-9-18/h3-10,13,15H,11-12,14H2,1-2H3. The molecule has 3 nitrogen and oxygen atoms in total. The molecule has 0 radical (unpaired) electrons. The molecular weight excluding hydrogens is 300 g/mol. The highest BCUT2D eigenvalue weighted by Crippen LogP contribution is 2.49. The third-order valence-electron chi connectivity index (χ3n) is 4.11. The van der Waals surface area contributed by atoms with Gasteiger partial charge in [-0.05, 0) is 68.5 Å². The molecule has 2 aromatic carbocycles. The summed E-state index contributed by atoms with van der Waals surface area (Å²) in [7, 11) is 0. The minimum atomic E-state index is -0.364. The van der Waals surface area contributed by atoms with E-state index in [1.54, 1.807) is 0 Å². The first-order chi connectivity index (χ1) is 11.6. The molecule has 1 fully saturated rings. The van der Waals surface area contributed by atoms with Gasteiger partial charge < -0.3 is 9.47 Å². The lowest BCUT2D eigenvalue weighted by atomic mass is 9.96. The number of ether oxygens (including phenoxy) is 2. The summed E-state index contributed by atoms with van der Waals surface area (Å²) < 4.78 is 11.2. The van der Waals surface area contributed by atoms with E-state index in [0.29, 0.717) is 6.42 Å². The van der Waals surface area contributed by atoms with Crippen LogP contribution in [-0.2, 0) is 16.0 Å². The van der Waals surface area contributed by atoms with E-state index in [1.807, 2.05) is 68.4 Å². The molecule has 0 aliphatic heterocycles. The Labute approximate surface area is 142 Å². The molecule has 3 heteroatoms. The van der Waals surface area contributed by atoms with Crippen molar-refractivity contribution in [3.63, 3.8) is 0 Å². The molecule has 0 N–H and O–H groups in total. The maximum atomic E-state index is 12.3. The molecule has 0 saturated heterocycles. The fourth-order valence-electron chi connectivity index (χ4n) is 2.63.